The van der Waals surface area contributed by atoms with Crippen LogP contribution in [-0.4, -0.2) is 81.2 Å². The van der Waals surface area contributed by atoms with E-state index in [2.05, 4.69) is 12.7 Å². The molecule has 0 radical (unpaired) electrons. The van der Waals surface area contributed by atoms with Gasteiger partial charge in [-0.05, 0) is 46.0 Å². The number of esters is 1. The lowest BCUT2D eigenvalue weighted by molar-refractivity contribution is -0.199. The largest absolute Gasteiger partial charge is 0.479 e. The van der Waals surface area contributed by atoms with Gasteiger partial charge >= 0.3 is 11.9 Å². The van der Waals surface area contributed by atoms with Crippen molar-refractivity contribution in [1.29, 1.82) is 0 Å². The van der Waals surface area contributed by atoms with Crippen molar-refractivity contribution in [3.8, 4) is 0 Å². The molecule has 0 aromatic rings. The molecule has 4 bridgehead atoms. The molecule has 0 amide bonds. The molecular weight excluding hydrogens is 636 g/mol. The Morgan fingerprint density at radius 2 is 1.92 bits per heavy atom. The van der Waals surface area contributed by atoms with Crippen molar-refractivity contribution in [3.05, 3.63) is 84.1 Å². The molecule has 3 aliphatic rings. The Morgan fingerprint density at radius 3 is 2.62 bits per heavy atom. The van der Waals surface area contributed by atoms with E-state index in [1.165, 1.54) is 6.08 Å². The number of ether oxygens (including phenoxy) is 3. The molecule has 3 aliphatic heterocycles. The third-order valence-corrected chi connectivity index (χ3v) is 10.3. The number of carbonyl (C=O) groups is 2. The number of rotatable bonds is 11. The first kappa shape index (κ1) is 41.3. The molecule has 0 aliphatic carbocycles. The van der Waals surface area contributed by atoms with Crippen molar-refractivity contribution in [1.82, 2.24) is 0 Å². The highest BCUT2D eigenvalue weighted by Crippen LogP contribution is 2.42. The first-order valence-electron chi connectivity index (χ1n) is 18.1. The van der Waals surface area contributed by atoms with Crippen molar-refractivity contribution in [3.63, 3.8) is 0 Å². The number of hydrogen-bond acceptors (Lipinski definition) is 8. The van der Waals surface area contributed by atoms with E-state index in [1.54, 1.807) is 18.2 Å². The third kappa shape index (κ3) is 12.0. The van der Waals surface area contributed by atoms with Gasteiger partial charge in [-0.2, -0.15) is 0 Å². The minimum absolute atomic E-state index is 0.0302. The topological polar surface area (TPSA) is 143 Å². The number of aliphatic carboxylic acids is 1. The van der Waals surface area contributed by atoms with Gasteiger partial charge in [0.15, 0.2) is 5.60 Å². The van der Waals surface area contributed by atoms with Crippen LogP contribution in [0.2, 0.25) is 0 Å². The molecule has 4 N–H and O–H groups in total. The summed E-state index contributed by atoms with van der Waals surface area (Å²) < 4.78 is 18.8. The molecule has 0 aromatic heterocycles. The van der Waals surface area contributed by atoms with Crippen molar-refractivity contribution in [2.24, 2.45) is 11.3 Å². The van der Waals surface area contributed by atoms with Crippen molar-refractivity contribution in [2.75, 3.05) is 6.61 Å². The number of aliphatic hydroxyl groups excluding tert-OH is 2. The summed E-state index contributed by atoms with van der Waals surface area (Å²) in [6.07, 6.45) is 20.8. The molecule has 0 aromatic carbocycles. The van der Waals surface area contributed by atoms with E-state index in [9.17, 15) is 30.0 Å². The van der Waals surface area contributed by atoms with Crippen LogP contribution in [0.25, 0.3) is 0 Å². The summed E-state index contributed by atoms with van der Waals surface area (Å²) in [4.78, 5) is 25.2. The van der Waals surface area contributed by atoms with E-state index in [-0.39, 0.29) is 37.6 Å². The van der Waals surface area contributed by atoms with Gasteiger partial charge in [0.05, 0.1) is 42.5 Å². The second kappa shape index (κ2) is 19.5. The molecule has 2 saturated heterocycles. The second-order valence-corrected chi connectivity index (χ2v) is 14.7. The first-order chi connectivity index (χ1) is 23.7. The van der Waals surface area contributed by atoms with Crippen LogP contribution < -0.4 is 0 Å². The highest BCUT2D eigenvalue weighted by atomic mass is 16.6. The van der Waals surface area contributed by atoms with E-state index in [0.717, 1.165) is 24.0 Å². The highest BCUT2D eigenvalue weighted by molar-refractivity contribution is 5.82. The minimum Gasteiger partial charge on any atom is -0.479 e. The fraction of sp³-hybridized carbons (Fsp3) is 0.610. The zero-order valence-electron chi connectivity index (χ0n) is 30.6. The van der Waals surface area contributed by atoms with Gasteiger partial charge in [-0.25, -0.2) is 9.59 Å². The molecule has 0 saturated carbocycles. The summed E-state index contributed by atoms with van der Waals surface area (Å²) in [7, 11) is 0. The Labute approximate surface area is 298 Å². The SMILES string of the molecule is C=C(CCCC)C[C@@](O)(CC=C(C)C[C@@H]1O[C@@H]2C=CCC=CC(C)=C[C@@H]3O[C@H](CC=CC=CC(=O)O[C@H](C2)[C@@]1(C)CO)C[C@@H](O)[C@@H]3C)C(=O)O. The Hall–Kier alpha value is -3.08. The lowest BCUT2D eigenvalue weighted by Gasteiger charge is -2.47. The lowest BCUT2D eigenvalue weighted by atomic mass is 9.72. The summed E-state index contributed by atoms with van der Waals surface area (Å²) >= 11 is 0. The number of carbonyl (C=O) groups excluding carboxylic acids is 1. The summed E-state index contributed by atoms with van der Waals surface area (Å²) in [5, 5.41) is 42.3. The number of carboxylic acid groups (broad SMARTS) is 1. The molecule has 3 rings (SSSR count). The van der Waals surface area contributed by atoms with Crippen LogP contribution in [0.15, 0.2) is 84.1 Å². The molecule has 2 fully saturated rings. The van der Waals surface area contributed by atoms with Gasteiger partial charge in [-0.1, -0.05) is 105 Å². The number of unbranched alkanes of at least 4 members (excludes halogenated alkanes) is 1. The number of aliphatic hydroxyl groups is 3. The van der Waals surface area contributed by atoms with E-state index in [4.69, 9.17) is 14.2 Å². The molecular formula is C41H60O9. The average molecular weight is 697 g/mol. The molecule has 3 heterocycles. The Kier molecular flexibility index (Phi) is 16.1. The fourth-order valence-electron chi connectivity index (χ4n) is 6.73. The predicted molar refractivity (Wildman–Crippen MR) is 195 cm³/mol. The molecule has 9 nitrogen and oxygen atoms in total. The van der Waals surface area contributed by atoms with Gasteiger partial charge in [0.2, 0.25) is 0 Å². The van der Waals surface area contributed by atoms with Crippen molar-refractivity contribution < 1.29 is 44.2 Å². The van der Waals surface area contributed by atoms with Gasteiger partial charge < -0.3 is 34.6 Å². The molecule has 9 atom stereocenters. The summed E-state index contributed by atoms with van der Waals surface area (Å²) in [6, 6.07) is 0. The van der Waals surface area contributed by atoms with E-state index in [1.807, 2.05) is 65.0 Å². The normalized spacial score (nSPS) is 32.5. The Morgan fingerprint density at radius 1 is 1.16 bits per heavy atom. The third-order valence-electron chi connectivity index (χ3n) is 10.3. The standard InChI is InChI=1S/C41H60O9/c1-7-8-15-30(4)26-41(47,39(45)46)21-20-29(3)23-36-40(6,27-42)37-25-33(49-36)18-12-9-11-16-28(2)22-35-31(5)34(43)24-32(48-35)17-13-10-14-19-38(44)50-37/h10-14,16,18-20,22,31-37,42-43,47H,4,7-9,15,17,21,23-27H2,1-3,5-6H3,(H,45,46)/t31-,32+,33+,34+,35-,36-,37+,40-,41-/m0/s1. The number of allylic oxidation sites excluding steroid dienone is 6. The van der Waals surface area contributed by atoms with Crippen molar-refractivity contribution in [2.45, 2.75) is 141 Å². The second-order valence-electron chi connectivity index (χ2n) is 14.7. The van der Waals surface area contributed by atoms with Gasteiger partial charge in [0.1, 0.15) is 6.10 Å². The minimum atomic E-state index is -1.98. The summed E-state index contributed by atoms with van der Waals surface area (Å²) in [6.45, 7) is 13.4. The van der Waals surface area contributed by atoms with Crippen LogP contribution in [0.3, 0.4) is 0 Å². The van der Waals surface area contributed by atoms with E-state index in [0.29, 0.717) is 44.1 Å². The average Bonchev–Trinajstić information content (AvgIpc) is 3.06. The summed E-state index contributed by atoms with van der Waals surface area (Å²) in [5.74, 6) is -1.87. The van der Waals surface area contributed by atoms with Crippen LogP contribution >= 0.6 is 0 Å². The maximum Gasteiger partial charge on any atom is 0.336 e. The monoisotopic (exact) mass is 696 g/mol. The molecule has 9 heteroatoms. The highest BCUT2D eigenvalue weighted by Gasteiger charge is 2.49. The zero-order valence-corrected chi connectivity index (χ0v) is 30.6. The number of fused-ring (bicyclic) bond motifs is 4. The smallest absolute Gasteiger partial charge is 0.336 e. The lowest BCUT2D eigenvalue weighted by Crippen LogP contribution is -2.55. The van der Waals surface area contributed by atoms with Gasteiger partial charge in [0.25, 0.3) is 0 Å². The van der Waals surface area contributed by atoms with Crippen LogP contribution in [0.1, 0.15) is 98.8 Å². The molecule has 0 spiro atoms. The van der Waals surface area contributed by atoms with Crippen LogP contribution in [0, 0.1) is 11.3 Å². The Balaban J connectivity index is 1.85. The molecule has 50 heavy (non-hydrogen) atoms. The van der Waals surface area contributed by atoms with Crippen LogP contribution in [0.5, 0.6) is 0 Å². The maximum atomic E-state index is 13.0. The van der Waals surface area contributed by atoms with Gasteiger partial charge in [-0.3, -0.25) is 0 Å². The maximum absolute atomic E-state index is 13.0. The Bertz CT molecular complexity index is 1340. The number of hydrogen-bond donors (Lipinski definition) is 4. The van der Waals surface area contributed by atoms with Crippen LogP contribution in [0.4, 0.5) is 0 Å². The molecule has 0 unspecified atom stereocenters. The summed E-state index contributed by atoms with van der Waals surface area (Å²) in [5.41, 5.74) is -0.407. The van der Waals surface area contributed by atoms with E-state index >= 15 is 0 Å². The molecule has 278 valence electrons. The number of carboxylic acids is 1. The van der Waals surface area contributed by atoms with Gasteiger partial charge in [-0.15, -0.1) is 0 Å². The fourth-order valence-corrected chi connectivity index (χ4v) is 6.73. The van der Waals surface area contributed by atoms with Crippen molar-refractivity contribution >= 4 is 11.9 Å². The van der Waals surface area contributed by atoms with E-state index < -0.39 is 47.4 Å². The quantitative estimate of drug-likeness (QED) is 0.135. The zero-order chi connectivity index (χ0) is 36.9. The predicted octanol–water partition coefficient (Wildman–Crippen LogP) is 6.85. The van der Waals surface area contributed by atoms with Gasteiger partial charge in [0, 0.05) is 37.7 Å². The first-order valence-corrected chi connectivity index (χ1v) is 18.1. The van der Waals surface area contributed by atoms with Crippen LogP contribution in [-0.2, 0) is 23.8 Å².